The Hall–Kier alpha value is -1.96. The summed E-state index contributed by atoms with van der Waals surface area (Å²) in [5.74, 6) is -0.674. The zero-order valence-electron chi connectivity index (χ0n) is 15.7. The van der Waals surface area contributed by atoms with Crippen molar-refractivity contribution in [2.75, 3.05) is 18.4 Å². The third kappa shape index (κ3) is 4.21. The molecule has 2 aromatic rings. The van der Waals surface area contributed by atoms with Crippen LogP contribution in [0, 0.1) is 11.7 Å². The van der Waals surface area contributed by atoms with Crippen LogP contribution >= 0.6 is 11.6 Å². The van der Waals surface area contributed by atoms with Gasteiger partial charge < -0.3 is 5.32 Å². The minimum Gasteiger partial charge on any atom is -0.326 e. The summed E-state index contributed by atoms with van der Waals surface area (Å²) >= 11 is 6.12. The summed E-state index contributed by atoms with van der Waals surface area (Å²) in [6.45, 7) is 4.16. The predicted molar refractivity (Wildman–Crippen MR) is 107 cm³/mol. The second-order valence-corrected chi connectivity index (χ2v) is 9.04. The summed E-state index contributed by atoms with van der Waals surface area (Å²) in [6, 6.07) is 10.6. The topological polar surface area (TPSA) is 66.5 Å². The lowest BCUT2D eigenvalue weighted by atomic mass is 10.1. The number of hydrogen-bond acceptors (Lipinski definition) is 3. The third-order valence-electron chi connectivity index (χ3n) is 4.95. The van der Waals surface area contributed by atoms with Gasteiger partial charge in [-0.2, -0.15) is 4.31 Å². The highest BCUT2D eigenvalue weighted by molar-refractivity contribution is 7.89. The first-order valence-corrected chi connectivity index (χ1v) is 11.0. The van der Waals surface area contributed by atoms with Crippen molar-refractivity contribution >= 4 is 33.2 Å². The third-order valence-corrected chi connectivity index (χ3v) is 7.48. The van der Waals surface area contributed by atoms with E-state index in [9.17, 15) is 17.6 Å². The van der Waals surface area contributed by atoms with Crippen LogP contribution in [0.3, 0.4) is 0 Å². The molecular formula is C20H22ClFN2O3S. The zero-order chi connectivity index (χ0) is 20.5. The smallest absolute Gasteiger partial charge is 0.244 e. The molecule has 2 unspecified atom stereocenters. The second-order valence-electron chi connectivity index (χ2n) is 6.72. The van der Waals surface area contributed by atoms with Crippen molar-refractivity contribution in [3.63, 3.8) is 0 Å². The van der Waals surface area contributed by atoms with Crippen molar-refractivity contribution < 1.29 is 17.6 Å². The highest BCUT2D eigenvalue weighted by atomic mass is 35.5. The Morgan fingerprint density at radius 1 is 1.18 bits per heavy atom. The minimum atomic E-state index is -3.74. The molecule has 0 saturated heterocycles. The standard InChI is InChI=1S/C20H22ClFN2O3S/c1-3-24(4-2)28(26,27)19-11-15(9-10-18(19)21)23-20(25)17-12-16(17)13-5-7-14(22)8-6-13/h5-11,16-17H,3-4,12H2,1-2H3,(H,23,25). The Morgan fingerprint density at radius 2 is 1.82 bits per heavy atom. The molecule has 0 radical (unpaired) electrons. The van der Waals surface area contributed by atoms with E-state index in [1.807, 2.05) is 0 Å². The summed E-state index contributed by atoms with van der Waals surface area (Å²) in [5, 5.41) is 2.89. The number of nitrogens with zero attached hydrogens (tertiary/aromatic N) is 1. The lowest BCUT2D eigenvalue weighted by Gasteiger charge is -2.19. The van der Waals surface area contributed by atoms with Crippen LogP contribution in [0.2, 0.25) is 5.02 Å². The molecule has 1 saturated carbocycles. The normalized spacial score (nSPS) is 18.9. The van der Waals surface area contributed by atoms with Gasteiger partial charge in [-0.25, -0.2) is 12.8 Å². The predicted octanol–water partition coefficient (Wildman–Crippen LogP) is 4.25. The molecule has 8 heteroatoms. The average Bonchev–Trinajstić information content (AvgIpc) is 3.45. The first-order valence-electron chi connectivity index (χ1n) is 9.14. The van der Waals surface area contributed by atoms with Gasteiger partial charge in [-0.3, -0.25) is 4.79 Å². The van der Waals surface area contributed by atoms with E-state index in [1.165, 1.54) is 28.6 Å². The van der Waals surface area contributed by atoms with Gasteiger partial charge in [-0.1, -0.05) is 37.6 Å². The monoisotopic (exact) mass is 424 g/mol. The molecule has 1 amide bonds. The molecule has 1 aliphatic rings. The van der Waals surface area contributed by atoms with Crippen molar-refractivity contribution in [3.05, 3.63) is 58.9 Å². The molecule has 150 valence electrons. The number of amides is 1. The van der Waals surface area contributed by atoms with E-state index in [4.69, 9.17) is 11.6 Å². The molecule has 1 N–H and O–H groups in total. The van der Waals surface area contributed by atoms with Crippen LogP contribution in [0.5, 0.6) is 0 Å². The number of sulfonamides is 1. The fourth-order valence-electron chi connectivity index (χ4n) is 3.28. The van der Waals surface area contributed by atoms with Gasteiger partial charge >= 0.3 is 0 Å². The summed E-state index contributed by atoms with van der Waals surface area (Å²) in [6.07, 6.45) is 0.676. The van der Waals surface area contributed by atoms with E-state index < -0.39 is 10.0 Å². The van der Waals surface area contributed by atoms with Gasteiger partial charge in [-0.15, -0.1) is 0 Å². The van der Waals surface area contributed by atoms with Gasteiger partial charge in [0.1, 0.15) is 10.7 Å². The van der Waals surface area contributed by atoms with E-state index in [1.54, 1.807) is 32.0 Å². The van der Waals surface area contributed by atoms with Gasteiger partial charge in [0.2, 0.25) is 15.9 Å². The molecule has 0 spiro atoms. The van der Waals surface area contributed by atoms with Crippen molar-refractivity contribution in [1.82, 2.24) is 4.31 Å². The number of halogens is 2. The molecule has 0 heterocycles. The van der Waals surface area contributed by atoms with E-state index in [-0.39, 0.29) is 33.5 Å². The molecule has 1 fully saturated rings. The Bertz CT molecular complexity index is 975. The maximum Gasteiger partial charge on any atom is 0.244 e. The lowest BCUT2D eigenvalue weighted by molar-refractivity contribution is -0.117. The lowest BCUT2D eigenvalue weighted by Crippen LogP contribution is -2.31. The number of anilines is 1. The number of carbonyl (C=O) groups is 1. The summed E-state index contributed by atoms with van der Waals surface area (Å²) in [5.41, 5.74) is 1.30. The van der Waals surface area contributed by atoms with Crippen molar-refractivity contribution in [3.8, 4) is 0 Å². The van der Waals surface area contributed by atoms with E-state index in [0.29, 0.717) is 25.2 Å². The van der Waals surface area contributed by atoms with Crippen LogP contribution in [0.4, 0.5) is 10.1 Å². The molecule has 28 heavy (non-hydrogen) atoms. The molecule has 5 nitrogen and oxygen atoms in total. The fourth-order valence-corrected chi connectivity index (χ4v) is 5.24. The molecule has 0 aliphatic heterocycles. The van der Waals surface area contributed by atoms with Crippen LogP contribution in [0.1, 0.15) is 31.7 Å². The van der Waals surface area contributed by atoms with Crippen molar-refractivity contribution in [2.45, 2.75) is 31.1 Å². The van der Waals surface area contributed by atoms with Crippen LogP contribution in [0.25, 0.3) is 0 Å². The molecule has 2 aromatic carbocycles. The Balaban J connectivity index is 1.75. The van der Waals surface area contributed by atoms with Crippen molar-refractivity contribution in [2.24, 2.45) is 5.92 Å². The first-order chi connectivity index (χ1) is 13.3. The Kier molecular flexibility index (Phi) is 6.07. The van der Waals surface area contributed by atoms with Crippen LogP contribution < -0.4 is 5.32 Å². The summed E-state index contributed by atoms with van der Waals surface area (Å²) in [7, 11) is -3.74. The zero-order valence-corrected chi connectivity index (χ0v) is 17.2. The summed E-state index contributed by atoms with van der Waals surface area (Å²) in [4.78, 5) is 12.5. The quantitative estimate of drug-likeness (QED) is 0.722. The number of benzene rings is 2. The molecule has 2 atom stereocenters. The summed E-state index contributed by atoms with van der Waals surface area (Å²) < 4.78 is 39.9. The Morgan fingerprint density at radius 3 is 2.43 bits per heavy atom. The molecule has 0 bridgehead atoms. The highest BCUT2D eigenvalue weighted by Gasteiger charge is 2.44. The van der Waals surface area contributed by atoms with Gasteiger partial charge in [0.15, 0.2) is 0 Å². The van der Waals surface area contributed by atoms with Gasteiger partial charge in [-0.05, 0) is 48.2 Å². The van der Waals surface area contributed by atoms with Crippen LogP contribution in [-0.4, -0.2) is 31.7 Å². The van der Waals surface area contributed by atoms with Crippen molar-refractivity contribution in [1.29, 1.82) is 0 Å². The van der Waals surface area contributed by atoms with Gasteiger partial charge in [0, 0.05) is 24.7 Å². The van der Waals surface area contributed by atoms with Crippen LogP contribution in [-0.2, 0) is 14.8 Å². The number of hydrogen-bond donors (Lipinski definition) is 1. The first kappa shape index (κ1) is 20.8. The maximum atomic E-state index is 13.0. The molecule has 1 aliphatic carbocycles. The van der Waals surface area contributed by atoms with E-state index in [0.717, 1.165) is 5.56 Å². The number of carbonyl (C=O) groups excluding carboxylic acids is 1. The van der Waals surface area contributed by atoms with E-state index in [2.05, 4.69) is 5.32 Å². The second kappa shape index (κ2) is 8.19. The highest BCUT2D eigenvalue weighted by Crippen LogP contribution is 2.48. The fraction of sp³-hybridized carbons (Fsp3) is 0.350. The average molecular weight is 425 g/mol. The SMILES string of the molecule is CCN(CC)S(=O)(=O)c1cc(NC(=O)C2CC2c2ccc(F)cc2)ccc1Cl. The minimum absolute atomic E-state index is 0.0263. The Labute approximate surface area is 169 Å². The van der Waals surface area contributed by atoms with Crippen LogP contribution in [0.15, 0.2) is 47.4 Å². The maximum absolute atomic E-state index is 13.0. The largest absolute Gasteiger partial charge is 0.326 e. The molecule has 3 rings (SSSR count). The number of nitrogens with one attached hydrogen (secondary N) is 1. The van der Waals surface area contributed by atoms with E-state index >= 15 is 0 Å². The van der Waals surface area contributed by atoms with Gasteiger partial charge in [0.05, 0.1) is 5.02 Å². The van der Waals surface area contributed by atoms with Gasteiger partial charge in [0.25, 0.3) is 0 Å². The molecular weight excluding hydrogens is 403 g/mol. The molecule has 0 aromatic heterocycles. The number of rotatable bonds is 7.